The Morgan fingerprint density at radius 1 is 1.09 bits per heavy atom. The van der Waals surface area contributed by atoms with Crippen LogP contribution in [0.2, 0.25) is 0 Å². The molecule has 3 unspecified atom stereocenters. The number of rotatable bonds is 15. The fraction of sp³-hybridized carbons (Fsp3) is 0.719. The molecule has 0 N–H and O–H groups in total. The van der Waals surface area contributed by atoms with Gasteiger partial charge >= 0.3 is 0 Å². The highest BCUT2D eigenvalue weighted by molar-refractivity contribution is 5.90. The first-order valence-corrected chi connectivity index (χ1v) is 13.7. The molecule has 0 saturated heterocycles. The molecular formula is C32H56N2. The van der Waals surface area contributed by atoms with Gasteiger partial charge in [-0.2, -0.15) is 0 Å². The van der Waals surface area contributed by atoms with Crippen molar-refractivity contribution >= 4 is 5.71 Å². The summed E-state index contributed by atoms with van der Waals surface area (Å²) in [5.74, 6) is 1.10. The number of hydrogen-bond donors (Lipinski definition) is 0. The third-order valence-electron chi connectivity index (χ3n) is 7.76. The van der Waals surface area contributed by atoms with E-state index >= 15 is 0 Å². The molecule has 0 aliphatic carbocycles. The predicted molar refractivity (Wildman–Crippen MR) is 155 cm³/mol. The Balaban J connectivity index is 2.97. The van der Waals surface area contributed by atoms with Crippen molar-refractivity contribution in [3.05, 3.63) is 48.6 Å². The number of allylic oxidation sites excluding steroid dienone is 6. The van der Waals surface area contributed by atoms with Crippen molar-refractivity contribution in [2.75, 3.05) is 26.7 Å². The zero-order valence-corrected chi connectivity index (χ0v) is 24.4. The second kappa shape index (κ2) is 13.6. The minimum absolute atomic E-state index is 0.110. The van der Waals surface area contributed by atoms with E-state index in [4.69, 9.17) is 4.99 Å². The standard InChI is InChI=1S/C32H56N2/c1-12-14-20-32(10,27(5)6)22-21-31(9,17-13-2)19-15-18-30(7,8)28-16-23-33-29(28)25-34(11)24-26(3)4/h14-15,18,20-22,27-28H,3,12-13,16-17,19,23-25H2,1-2,4-11H3/b18-15-,20-14-,22-21-. The van der Waals surface area contributed by atoms with Gasteiger partial charge in [-0.1, -0.05) is 110 Å². The highest BCUT2D eigenvalue weighted by Gasteiger charge is 2.34. The van der Waals surface area contributed by atoms with E-state index in [1.807, 2.05) is 0 Å². The first kappa shape index (κ1) is 30.6. The first-order valence-electron chi connectivity index (χ1n) is 13.7. The third kappa shape index (κ3) is 9.68. The summed E-state index contributed by atoms with van der Waals surface area (Å²) in [6.45, 7) is 27.8. The summed E-state index contributed by atoms with van der Waals surface area (Å²) in [7, 11) is 2.18. The largest absolute Gasteiger partial charge is 0.297 e. The van der Waals surface area contributed by atoms with Crippen molar-refractivity contribution in [2.45, 2.75) is 94.4 Å². The fourth-order valence-corrected chi connectivity index (χ4v) is 5.13. The lowest BCUT2D eigenvalue weighted by Crippen LogP contribution is -2.35. The summed E-state index contributed by atoms with van der Waals surface area (Å²) < 4.78 is 0. The van der Waals surface area contributed by atoms with Gasteiger partial charge in [-0.3, -0.25) is 9.89 Å². The van der Waals surface area contributed by atoms with Gasteiger partial charge in [0.1, 0.15) is 0 Å². The molecule has 0 aromatic rings. The summed E-state index contributed by atoms with van der Waals surface area (Å²) in [5.41, 5.74) is 2.99. The molecule has 1 heterocycles. The first-order chi connectivity index (χ1) is 15.8. The molecule has 2 nitrogen and oxygen atoms in total. The Morgan fingerprint density at radius 3 is 2.32 bits per heavy atom. The van der Waals surface area contributed by atoms with E-state index in [0.717, 1.165) is 38.9 Å². The van der Waals surface area contributed by atoms with Crippen LogP contribution in [0.15, 0.2) is 53.6 Å². The van der Waals surface area contributed by atoms with Crippen LogP contribution in [0.4, 0.5) is 0 Å². The number of likely N-dealkylation sites (N-methyl/N-ethyl adjacent to an activating group) is 1. The lowest BCUT2D eigenvalue weighted by molar-refractivity contribution is 0.338. The molecule has 0 fully saturated rings. The van der Waals surface area contributed by atoms with Gasteiger partial charge in [-0.15, -0.1) is 0 Å². The monoisotopic (exact) mass is 468 g/mol. The van der Waals surface area contributed by atoms with E-state index in [-0.39, 0.29) is 16.2 Å². The van der Waals surface area contributed by atoms with Gasteiger partial charge in [0, 0.05) is 36.7 Å². The van der Waals surface area contributed by atoms with Crippen molar-refractivity contribution in [3.63, 3.8) is 0 Å². The maximum Gasteiger partial charge on any atom is 0.0396 e. The molecule has 1 rings (SSSR count). The number of nitrogens with zero attached hydrogens (tertiary/aromatic N) is 2. The Kier molecular flexibility index (Phi) is 12.3. The molecule has 0 saturated carbocycles. The molecule has 0 bridgehead atoms. The molecular weight excluding hydrogens is 412 g/mol. The topological polar surface area (TPSA) is 15.6 Å². The lowest BCUT2D eigenvalue weighted by Gasteiger charge is -2.33. The van der Waals surface area contributed by atoms with E-state index in [2.05, 4.69) is 117 Å². The van der Waals surface area contributed by atoms with Crippen LogP contribution in [-0.2, 0) is 0 Å². The van der Waals surface area contributed by atoms with Crippen LogP contribution in [-0.4, -0.2) is 37.3 Å². The molecule has 0 spiro atoms. The number of hydrogen-bond acceptors (Lipinski definition) is 2. The van der Waals surface area contributed by atoms with Crippen LogP contribution < -0.4 is 0 Å². The minimum atomic E-state index is 0.110. The van der Waals surface area contributed by atoms with Crippen LogP contribution in [0.25, 0.3) is 0 Å². The Morgan fingerprint density at radius 2 is 1.76 bits per heavy atom. The molecule has 1 aliphatic rings. The predicted octanol–water partition coefficient (Wildman–Crippen LogP) is 8.92. The molecule has 34 heavy (non-hydrogen) atoms. The Bertz CT molecular complexity index is 751. The Labute approximate surface area is 213 Å². The summed E-state index contributed by atoms with van der Waals surface area (Å²) in [5, 5.41) is 0. The van der Waals surface area contributed by atoms with Crippen molar-refractivity contribution in [1.29, 1.82) is 0 Å². The highest BCUT2D eigenvalue weighted by atomic mass is 15.1. The highest BCUT2D eigenvalue weighted by Crippen LogP contribution is 2.39. The van der Waals surface area contributed by atoms with Gasteiger partial charge < -0.3 is 0 Å². The minimum Gasteiger partial charge on any atom is -0.297 e. The van der Waals surface area contributed by atoms with Crippen molar-refractivity contribution in [1.82, 2.24) is 4.90 Å². The van der Waals surface area contributed by atoms with Gasteiger partial charge in [0.25, 0.3) is 0 Å². The summed E-state index contributed by atoms with van der Waals surface area (Å²) in [4.78, 5) is 7.26. The number of aliphatic imine (C=N–C) groups is 1. The van der Waals surface area contributed by atoms with E-state index in [1.165, 1.54) is 24.1 Å². The van der Waals surface area contributed by atoms with Gasteiger partial charge in [-0.25, -0.2) is 0 Å². The zero-order chi connectivity index (χ0) is 26.0. The van der Waals surface area contributed by atoms with Gasteiger partial charge in [0.15, 0.2) is 0 Å². The SMILES string of the molecule is C=C(C)CN(C)CC1=NCCC1C(C)(C)/C=C\CC(C)(/C=C\C(C)(/C=C\CC)C(C)C)CCC. The average Bonchev–Trinajstić information content (AvgIpc) is 3.19. The summed E-state index contributed by atoms with van der Waals surface area (Å²) >= 11 is 0. The van der Waals surface area contributed by atoms with Crippen molar-refractivity contribution in [2.24, 2.45) is 33.1 Å². The molecule has 0 radical (unpaired) electrons. The van der Waals surface area contributed by atoms with Crippen LogP contribution >= 0.6 is 0 Å². The molecule has 1 aliphatic heterocycles. The van der Waals surface area contributed by atoms with Gasteiger partial charge in [0.05, 0.1) is 0 Å². The van der Waals surface area contributed by atoms with Crippen molar-refractivity contribution in [3.8, 4) is 0 Å². The van der Waals surface area contributed by atoms with E-state index < -0.39 is 0 Å². The normalized spacial score (nSPS) is 21.2. The summed E-state index contributed by atoms with van der Waals surface area (Å²) in [6, 6.07) is 0. The Hall–Kier alpha value is -1.41. The van der Waals surface area contributed by atoms with E-state index in [1.54, 1.807) is 0 Å². The molecule has 0 aromatic heterocycles. The second-order valence-corrected chi connectivity index (χ2v) is 12.3. The van der Waals surface area contributed by atoms with Gasteiger partial charge in [-0.05, 0) is 56.4 Å². The van der Waals surface area contributed by atoms with Gasteiger partial charge in [0.2, 0.25) is 0 Å². The fourth-order valence-electron chi connectivity index (χ4n) is 5.13. The maximum absolute atomic E-state index is 4.91. The smallest absolute Gasteiger partial charge is 0.0396 e. The third-order valence-corrected chi connectivity index (χ3v) is 7.76. The molecule has 0 aromatic carbocycles. The van der Waals surface area contributed by atoms with Crippen LogP contribution in [0, 0.1) is 28.1 Å². The quantitative estimate of drug-likeness (QED) is 0.219. The summed E-state index contributed by atoms with van der Waals surface area (Å²) in [6.07, 6.45) is 20.4. The molecule has 3 atom stereocenters. The molecule has 0 amide bonds. The van der Waals surface area contributed by atoms with Crippen LogP contribution in [0.5, 0.6) is 0 Å². The van der Waals surface area contributed by atoms with Crippen LogP contribution in [0.3, 0.4) is 0 Å². The van der Waals surface area contributed by atoms with E-state index in [9.17, 15) is 0 Å². The second-order valence-electron chi connectivity index (χ2n) is 12.3. The average molecular weight is 469 g/mol. The molecule has 194 valence electrons. The lowest BCUT2D eigenvalue weighted by atomic mass is 9.73. The van der Waals surface area contributed by atoms with Crippen molar-refractivity contribution < 1.29 is 0 Å². The van der Waals surface area contributed by atoms with Crippen LogP contribution in [0.1, 0.15) is 94.4 Å². The zero-order valence-electron chi connectivity index (χ0n) is 24.4. The maximum atomic E-state index is 4.91. The molecule has 2 heteroatoms. The van der Waals surface area contributed by atoms with E-state index in [0.29, 0.717) is 11.8 Å².